The minimum atomic E-state index is -0.595. The number of hydrogen-bond donors (Lipinski definition) is 3. The van der Waals surface area contributed by atoms with Crippen molar-refractivity contribution < 1.29 is 19.7 Å². The zero-order valence-electron chi connectivity index (χ0n) is 11.6. The molecule has 114 valence electrons. The number of rotatable bonds is 4. The highest BCUT2D eigenvalue weighted by Crippen LogP contribution is 2.23. The average molecular weight is 365 g/mol. The zero-order chi connectivity index (χ0) is 16.1. The van der Waals surface area contributed by atoms with Crippen molar-refractivity contribution in [2.75, 3.05) is 7.11 Å². The van der Waals surface area contributed by atoms with E-state index in [-0.39, 0.29) is 17.1 Å². The fourth-order valence-corrected chi connectivity index (χ4v) is 2.12. The molecule has 1 amide bonds. The van der Waals surface area contributed by atoms with Crippen molar-refractivity contribution in [1.82, 2.24) is 5.43 Å². The predicted octanol–water partition coefficient (Wildman–Crippen LogP) is 2.63. The fraction of sp³-hybridized carbons (Fsp3) is 0.0667. The third kappa shape index (κ3) is 3.76. The summed E-state index contributed by atoms with van der Waals surface area (Å²) in [5.41, 5.74) is 2.98. The lowest BCUT2D eigenvalue weighted by Crippen LogP contribution is -2.17. The van der Waals surface area contributed by atoms with Gasteiger partial charge in [-0.1, -0.05) is 15.9 Å². The highest BCUT2D eigenvalue weighted by atomic mass is 79.9. The average Bonchev–Trinajstić information content (AvgIpc) is 2.47. The molecule has 0 aliphatic rings. The summed E-state index contributed by atoms with van der Waals surface area (Å²) in [5.74, 6) is -0.444. The van der Waals surface area contributed by atoms with E-state index < -0.39 is 5.91 Å². The minimum Gasteiger partial charge on any atom is -0.508 e. The van der Waals surface area contributed by atoms with E-state index in [1.807, 2.05) is 6.07 Å². The van der Waals surface area contributed by atoms with Gasteiger partial charge >= 0.3 is 0 Å². The number of halogens is 1. The topological polar surface area (TPSA) is 91.2 Å². The number of phenolic OH excluding ortho intramolecular Hbond substituents is 2. The number of ether oxygens (including phenoxy) is 1. The quantitative estimate of drug-likeness (QED) is 0.574. The van der Waals surface area contributed by atoms with Gasteiger partial charge in [-0.3, -0.25) is 4.79 Å². The van der Waals surface area contributed by atoms with Crippen LogP contribution >= 0.6 is 15.9 Å². The van der Waals surface area contributed by atoms with Gasteiger partial charge < -0.3 is 14.9 Å². The molecule has 0 bridgehead atoms. The Morgan fingerprint density at radius 2 is 2.05 bits per heavy atom. The van der Waals surface area contributed by atoms with Crippen LogP contribution in [0.3, 0.4) is 0 Å². The van der Waals surface area contributed by atoms with E-state index in [9.17, 15) is 15.0 Å². The molecule has 0 aromatic heterocycles. The lowest BCUT2D eigenvalue weighted by molar-refractivity contribution is 0.0952. The molecule has 0 aliphatic carbocycles. The van der Waals surface area contributed by atoms with E-state index in [1.165, 1.54) is 25.5 Å². The highest BCUT2D eigenvalue weighted by molar-refractivity contribution is 9.10. The van der Waals surface area contributed by atoms with Gasteiger partial charge in [-0.25, -0.2) is 5.43 Å². The lowest BCUT2D eigenvalue weighted by Gasteiger charge is -2.05. The van der Waals surface area contributed by atoms with Crippen molar-refractivity contribution in [3.8, 4) is 17.2 Å². The van der Waals surface area contributed by atoms with Crippen LogP contribution in [0.25, 0.3) is 0 Å². The summed E-state index contributed by atoms with van der Waals surface area (Å²) in [7, 11) is 1.54. The van der Waals surface area contributed by atoms with Crippen LogP contribution in [0.4, 0.5) is 0 Å². The maximum Gasteiger partial charge on any atom is 0.275 e. The molecule has 7 heteroatoms. The van der Waals surface area contributed by atoms with Crippen molar-refractivity contribution in [2.24, 2.45) is 5.10 Å². The molecular weight excluding hydrogens is 352 g/mol. The summed E-state index contributed by atoms with van der Waals surface area (Å²) in [6.45, 7) is 0. The number of phenols is 2. The van der Waals surface area contributed by atoms with Gasteiger partial charge in [0, 0.05) is 16.1 Å². The molecular formula is C15H13BrN2O4. The lowest BCUT2D eigenvalue weighted by atomic mass is 10.2. The zero-order valence-corrected chi connectivity index (χ0v) is 13.2. The molecule has 0 atom stereocenters. The van der Waals surface area contributed by atoms with Gasteiger partial charge in [0.2, 0.25) is 0 Å². The van der Waals surface area contributed by atoms with E-state index in [4.69, 9.17) is 4.74 Å². The molecule has 0 aliphatic heterocycles. The molecule has 0 fully saturated rings. The fourth-order valence-electron chi connectivity index (χ4n) is 1.74. The molecule has 0 saturated heterocycles. The van der Waals surface area contributed by atoms with E-state index >= 15 is 0 Å². The van der Waals surface area contributed by atoms with Crippen molar-refractivity contribution >= 4 is 28.1 Å². The number of aromatic hydroxyl groups is 2. The van der Waals surface area contributed by atoms with Crippen LogP contribution in [0.5, 0.6) is 17.2 Å². The van der Waals surface area contributed by atoms with Crippen molar-refractivity contribution in [3.05, 3.63) is 52.0 Å². The summed E-state index contributed by atoms with van der Waals surface area (Å²) in [4.78, 5) is 11.9. The Bertz CT molecular complexity index is 731. The Morgan fingerprint density at radius 3 is 2.73 bits per heavy atom. The van der Waals surface area contributed by atoms with Crippen molar-refractivity contribution in [1.29, 1.82) is 0 Å². The number of benzene rings is 2. The number of carbonyl (C=O) groups is 1. The monoisotopic (exact) mass is 364 g/mol. The van der Waals surface area contributed by atoms with Gasteiger partial charge in [0.1, 0.15) is 17.2 Å². The van der Waals surface area contributed by atoms with Crippen LogP contribution < -0.4 is 10.2 Å². The standard InChI is InChI=1S/C15H13BrN2O4/c1-22-14-5-2-10(16)6-9(14)8-17-18-15(21)12-4-3-11(19)7-13(12)20/h2-8,19-20H,1H3,(H,18,21). The highest BCUT2D eigenvalue weighted by Gasteiger charge is 2.10. The Hall–Kier alpha value is -2.54. The van der Waals surface area contributed by atoms with Crippen molar-refractivity contribution in [3.63, 3.8) is 0 Å². The van der Waals surface area contributed by atoms with E-state index in [1.54, 1.807) is 12.1 Å². The van der Waals surface area contributed by atoms with Crippen LogP contribution in [-0.2, 0) is 0 Å². The maximum absolute atomic E-state index is 11.9. The molecule has 0 heterocycles. The summed E-state index contributed by atoms with van der Waals surface area (Å²) in [5, 5.41) is 22.6. The molecule has 3 N–H and O–H groups in total. The van der Waals surface area contributed by atoms with Gasteiger partial charge in [0.15, 0.2) is 0 Å². The Balaban J connectivity index is 2.12. The third-order valence-electron chi connectivity index (χ3n) is 2.79. The molecule has 6 nitrogen and oxygen atoms in total. The normalized spacial score (nSPS) is 10.6. The maximum atomic E-state index is 11.9. The number of carbonyl (C=O) groups excluding carboxylic acids is 1. The third-order valence-corrected chi connectivity index (χ3v) is 3.28. The second kappa shape index (κ2) is 6.95. The number of amides is 1. The van der Waals surface area contributed by atoms with E-state index in [0.717, 1.165) is 10.5 Å². The van der Waals surface area contributed by atoms with Gasteiger partial charge in [-0.15, -0.1) is 0 Å². The Kier molecular flexibility index (Phi) is 5.00. The van der Waals surface area contributed by atoms with Gasteiger partial charge in [0.05, 0.1) is 18.9 Å². The van der Waals surface area contributed by atoms with Gasteiger partial charge in [0.25, 0.3) is 5.91 Å². The minimum absolute atomic E-state index is 0.0103. The molecule has 0 unspecified atom stereocenters. The van der Waals surface area contributed by atoms with Gasteiger partial charge in [-0.2, -0.15) is 5.10 Å². The number of hydrazone groups is 1. The molecule has 2 aromatic carbocycles. The van der Waals surface area contributed by atoms with Crippen LogP contribution in [0.2, 0.25) is 0 Å². The first-order chi connectivity index (χ1) is 10.5. The molecule has 0 spiro atoms. The van der Waals surface area contributed by atoms with Crippen molar-refractivity contribution in [2.45, 2.75) is 0 Å². The van der Waals surface area contributed by atoms with Crippen LogP contribution in [-0.4, -0.2) is 29.4 Å². The second-order valence-electron chi connectivity index (χ2n) is 4.29. The van der Waals surface area contributed by atoms with Crippen LogP contribution in [0.15, 0.2) is 46.0 Å². The molecule has 2 aromatic rings. The molecule has 22 heavy (non-hydrogen) atoms. The van der Waals surface area contributed by atoms with Crippen LogP contribution in [0, 0.1) is 0 Å². The summed E-state index contributed by atoms with van der Waals surface area (Å²) in [6, 6.07) is 9.05. The van der Waals surface area contributed by atoms with E-state index in [0.29, 0.717) is 11.3 Å². The smallest absolute Gasteiger partial charge is 0.275 e. The summed E-state index contributed by atoms with van der Waals surface area (Å²) >= 11 is 3.34. The predicted molar refractivity (Wildman–Crippen MR) is 85.5 cm³/mol. The molecule has 2 rings (SSSR count). The Morgan fingerprint density at radius 1 is 1.27 bits per heavy atom. The number of nitrogens with zero attached hydrogens (tertiary/aromatic N) is 1. The Labute approximate surface area is 135 Å². The summed E-state index contributed by atoms with van der Waals surface area (Å²) < 4.78 is 6.03. The number of hydrogen-bond acceptors (Lipinski definition) is 5. The molecule has 0 radical (unpaired) electrons. The first-order valence-electron chi connectivity index (χ1n) is 6.20. The largest absolute Gasteiger partial charge is 0.508 e. The summed E-state index contributed by atoms with van der Waals surface area (Å²) in [6.07, 6.45) is 1.43. The number of nitrogens with one attached hydrogen (secondary N) is 1. The SMILES string of the molecule is COc1ccc(Br)cc1C=NNC(=O)c1ccc(O)cc1O. The number of methoxy groups -OCH3 is 1. The van der Waals surface area contributed by atoms with Crippen LogP contribution in [0.1, 0.15) is 15.9 Å². The first kappa shape index (κ1) is 15.8. The van der Waals surface area contributed by atoms with Gasteiger partial charge in [-0.05, 0) is 30.3 Å². The second-order valence-corrected chi connectivity index (χ2v) is 5.20. The molecule has 0 saturated carbocycles. The van der Waals surface area contributed by atoms with E-state index in [2.05, 4.69) is 26.5 Å². The first-order valence-corrected chi connectivity index (χ1v) is 6.99.